The zero-order chi connectivity index (χ0) is 80.1. The number of rotatable bonds is 35. The molecule has 9 rings (SSSR count). The molecule has 0 saturated carbocycles. The molecule has 0 radical (unpaired) electrons. The van der Waals surface area contributed by atoms with Gasteiger partial charge < -0.3 is 83.1 Å². The number of methoxy groups -OCH3 is 2. The second-order valence-corrected chi connectivity index (χ2v) is 29.3. The third kappa shape index (κ3) is 22.8. The number of nitrogens with one attached hydrogen (secondary N) is 1. The van der Waals surface area contributed by atoms with Gasteiger partial charge in [-0.3, -0.25) is 34.1 Å². The van der Waals surface area contributed by atoms with Gasteiger partial charge in [-0.15, -0.1) is 5.10 Å². The molecule has 602 valence electrons. The highest BCUT2D eigenvalue weighted by Crippen LogP contribution is 2.50. The van der Waals surface area contributed by atoms with Crippen LogP contribution in [0.25, 0.3) is 22.5 Å². The highest BCUT2D eigenvalue weighted by Gasteiger charge is 2.64. The van der Waals surface area contributed by atoms with Crippen LogP contribution in [0.5, 0.6) is 5.75 Å². The number of unbranched alkanes of at least 4 members (excludes halogenated alkanes) is 2. The third-order valence-electron chi connectivity index (χ3n) is 20.9. The number of esters is 1. The summed E-state index contributed by atoms with van der Waals surface area (Å²) in [6, 6.07) is 24.7. The van der Waals surface area contributed by atoms with Crippen LogP contribution in [0.2, 0.25) is 5.02 Å². The van der Waals surface area contributed by atoms with Crippen LogP contribution in [0.4, 0.5) is 16.2 Å². The van der Waals surface area contributed by atoms with Crippen LogP contribution >= 0.6 is 11.6 Å². The summed E-state index contributed by atoms with van der Waals surface area (Å²) in [5.41, 5.74) is 11.3. The number of fused-ring (bicyclic) bond motifs is 10. The monoisotopic (exact) mass is 1560 g/mol. The molecule has 2 saturated heterocycles. The van der Waals surface area contributed by atoms with Gasteiger partial charge in [-0.25, -0.2) is 14.3 Å². The number of aliphatic hydroxyl groups is 1. The Labute approximate surface area is 653 Å². The molecule has 30 heteroatoms. The molecule has 0 spiro atoms. The molecule has 4 aliphatic rings. The number of amides is 6. The minimum atomic E-state index is -1.89. The topological polar surface area (TPSA) is 348 Å². The number of benzene rings is 4. The number of anilines is 2. The van der Waals surface area contributed by atoms with E-state index in [1.54, 1.807) is 64.2 Å². The van der Waals surface area contributed by atoms with Crippen molar-refractivity contribution in [2.45, 2.75) is 166 Å². The van der Waals surface area contributed by atoms with Crippen molar-refractivity contribution in [2.24, 2.45) is 11.7 Å². The number of alkyl carbamates (subject to hydrolysis) is 1. The van der Waals surface area contributed by atoms with E-state index < -0.39 is 83.6 Å². The van der Waals surface area contributed by atoms with E-state index in [2.05, 4.69) is 15.6 Å². The van der Waals surface area contributed by atoms with Crippen LogP contribution in [0, 0.1) is 5.92 Å². The second-order valence-electron chi connectivity index (χ2n) is 29.0. The number of aromatic nitrogens is 3. The minimum absolute atomic E-state index is 0.0169. The van der Waals surface area contributed by atoms with Gasteiger partial charge >= 0.3 is 18.0 Å². The van der Waals surface area contributed by atoms with Gasteiger partial charge in [0.1, 0.15) is 52.5 Å². The van der Waals surface area contributed by atoms with Crippen molar-refractivity contribution < 1.29 is 91.2 Å². The van der Waals surface area contributed by atoms with Crippen molar-refractivity contribution in [1.82, 2.24) is 35.0 Å². The highest BCUT2D eigenvalue weighted by molar-refractivity contribution is 6.35. The van der Waals surface area contributed by atoms with Crippen LogP contribution in [0.3, 0.4) is 0 Å². The zero-order valence-corrected chi connectivity index (χ0v) is 66.0. The number of carbonyl (C=O) groups excluding carboxylic acids is 7. The number of carboxylic acid groups (broad SMARTS) is 1. The molecule has 4 aliphatic heterocycles. The van der Waals surface area contributed by atoms with E-state index in [1.807, 2.05) is 95.4 Å². The Bertz CT molecular complexity index is 4120. The van der Waals surface area contributed by atoms with Gasteiger partial charge in [0.25, 0.3) is 0 Å². The summed E-state index contributed by atoms with van der Waals surface area (Å²) >= 11 is 6.85. The Morgan fingerprint density at radius 3 is 2.12 bits per heavy atom. The maximum Gasteiger partial charge on any atom is 0.409 e. The first-order valence-electron chi connectivity index (χ1n) is 37.8. The second kappa shape index (κ2) is 40.3. The molecule has 5 aromatic rings. The molecule has 0 aliphatic carbocycles. The molecule has 6 amide bonds. The molecule has 9 atom stereocenters. The zero-order valence-electron chi connectivity index (χ0n) is 65.2. The summed E-state index contributed by atoms with van der Waals surface area (Å²) in [5, 5.41) is 33.2. The molecule has 5 heterocycles. The van der Waals surface area contributed by atoms with Crippen LogP contribution in [0.1, 0.15) is 114 Å². The Morgan fingerprint density at radius 2 is 1.42 bits per heavy atom. The maximum atomic E-state index is 14.4. The molecule has 1 aromatic heterocycles. The Balaban J connectivity index is 0.620. The molecule has 4 aromatic carbocycles. The average molecular weight is 1560 g/mol. The number of para-hydroxylation sites is 1. The van der Waals surface area contributed by atoms with Crippen molar-refractivity contribution in [2.75, 3.05) is 118 Å². The number of hydrogen-bond donors (Lipinski definition) is 4. The van der Waals surface area contributed by atoms with Crippen molar-refractivity contribution >= 4 is 70.5 Å². The van der Waals surface area contributed by atoms with Gasteiger partial charge in [-0.2, -0.15) is 0 Å². The lowest BCUT2D eigenvalue weighted by Crippen LogP contribution is -2.63. The predicted molar refractivity (Wildman–Crippen MR) is 413 cm³/mol. The van der Waals surface area contributed by atoms with Gasteiger partial charge in [0, 0.05) is 91.1 Å². The number of nitrogens with zero attached hydrogens (tertiary/aromatic N) is 8. The van der Waals surface area contributed by atoms with E-state index in [0.29, 0.717) is 89.9 Å². The highest BCUT2D eigenvalue weighted by atomic mass is 35.5. The summed E-state index contributed by atoms with van der Waals surface area (Å²) in [5.74, 6) is -3.30. The Morgan fingerprint density at radius 1 is 0.784 bits per heavy atom. The van der Waals surface area contributed by atoms with E-state index in [4.69, 9.17) is 60.0 Å². The maximum absolute atomic E-state index is 14.4. The summed E-state index contributed by atoms with van der Waals surface area (Å²) < 4.78 is 54.0. The van der Waals surface area contributed by atoms with Crippen molar-refractivity contribution in [3.63, 3.8) is 0 Å². The fraction of sp³-hybridized carbons (Fsp3) is 0.531. The molecular weight excluding hydrogens is 1450 g/mol. The minimum Gasteiger partial charge on any atom is -0.495 e. The average Bonchev–Trinajstić information content (AvgIpc) is 1.53. The molecule has 4 bridgehead atoms. The van der Waals surface area contributed by atoms with E-state index >= 15 is 0 Å². The third-order valence-corrected chi connectivity index (χ3v) is 21.3. The normalized spacial score (nSPS) is 21.6. The summed E-state index contributed by atoms with van der Waals surface area (Å²) in [4.78, 5) is 115. The number of halogens is 1. The fourth-order valence-electron chi connectivity index (χ4n) is 13.9. The SMILES string of the molecule is COc1cc2cc(c1Cl)N(C)C(=O)C[C@H](OC(=O)[C@H](C)N(C)C(=O)CCCC(=O)N(C)CCOCCOCCOCCOCCC(=O)N(C)CCCCCC(=O)N1Cc3ccccc3-c3nnn(Cc4ccc(CC(N)C(=O)O)cc4)c3-c3ccccc31)[C@]1(C)O[C@H]1[C@H](C)[C@@H]1C[C@@](O)(NC(=O)O1)[C@H](OC)/C=C/C=C(\C)C2. The number of epoxide rings is 1. The van der Waals surface area contributed by atoms with Gasteiger partial charge in [0.2, 0.25) is 29.5 Å². The molecule has 5 N–H and O–H groups in total. The summed E-state index contributed by atoms with van der Waals surface area (Å²) in [6.07, 6.45) is 3.45. The molecular formula is C81H107ClN10O19. The van der Waals surface area contributed by atoms with Crippen LogP contribution in [-0.4, -0.2) is 244 Å². The lowest BCUT2D eigenvalue weighted by Gasteiger charge is -2.42. The van der Waals surface area contributed by atoms with Crippen molar-refractivity contribution in [1.29, 1.82) is 0 Å². The Kier molecular flexibility index (Phi) is 31.2. The number of carboxylic acids is 1. The molecule has 1 unspecified atom stereocenters. The standard InChI is InChI=1S/C81H107ClN10O19/c1-52-20-18-25-66(104-10)81(102)49-65(109-79(101)84-81)53(2)76-80(4,111-76)67(48-72(97)90(8)63-46-57(44-52)47-64(103-9)73(63)82)110-78(100)54(3)89(7)70(95)28-19-27-68(93)88(6)35-37-106-39-41-108-43-42-107-40-38-105-36-33-69(94)87(5)34-17-11-12-26-71(96)91-51-58-21-13-14-22-59(58)74-75(60-23-15-16-24-62(60)91)92(86-85-74)50-56-31-29-55(30-32-56)45-61(83)77(98)99/h13-16,18,20-25,29-32,46-47,53-54,61,65-67,76,102H,11-12,17,19,26-28,33-45,48-51,83H2,1-10H3,(H,84,101)(H,98,99)/b25-18+,52-20+/t53-,54+,61?,65+,66-,67+,76+,80+,81+/m1/s1. The number of hydrogen-bond acceptors (Lipinski definition) is 21. The predicted octanol–water partition coefficient (Wildman–Crippen LogP) is 8.09. The lowest BCUT2D eigenvalue weighted by atomic mass is 9.83. The van der Waals surface area contributed by atoms with E-state index in [1.165, 1.54) is 42.9 Å². The first kappa shape index (κ1) is 85.8. The molecule has 29 nitrogen and oxygen atoms in total. The first-order valence-corrected chi connectivity index (χ1v) is 38.1. The number of likely N-dealkylation sites (N-methyl/N-ethyl adjacent to an activating group) is 2. The number of nitrogens with two attached hydrogens (primary N) is 1. The van der Waals surface area contributed by atoms with Crippen LogP contribution < -0.4 is 25.6 Å². The summed E-state index contributed by atoms with van der Waals surface area (Å²) in [7, 11) is 9.31. The largest absolute Gasteiger partial charge is 0.495 e. The van der Waals surface area contributed by atoms with Crippen LogP contribution in [0.15, 0.2) is 109 Å². The van der Waals surface area contributed by atoms with E-state index in [0.717, 1.165) is 68.9 Å². The summed E-state index contributed by atoms with van der Waals surface area (Å²) in [6.45, 7) is 10.8. The molecule has 2 fully saturated rings. The first-order chi connectivity index (χ1) is 53.1. The Hall–Kier alpha value is -9.17. The van der Waals surface area contributed by atoms with E-state index in [-0.39, 0.29) is 87.5 Å². The smallest absolute Gasteiger partial charge is 0.409 e. The van der Waals surface area contributed by atoms with E-state index in [9.17, 15) is 48.6 Å². The number of ether oxygens (including phenoxy) is 9. The van der Waals surface area contributed by atoms with Gasteiger partial charge in [-0.05, 0) is 93.3 Å². The van der Waals surface area contributed by atoms with Gasteiger partial charge in [0.05, 0.1) is 109 Å². The number of aliphatic carboxylic acids is 1. The van der Waals surface area contributed by atoms with Crippen molar-refractivity contribution in [3.05, 3.63) is 136 Å². The fourth-order valence-corrected chi connectivity index (χ4v) is 14.2. The molecule has 111 heavy (non-hydrogen) atoms. The van der Waals surface area contributed by atoms with Crippen molar-refractivity contribution in [3.8, 4) is 28.3 Å². The lowest BCUT2D eigenvalue weighted by molar-refractivity contribution is -0.162. The van der Waals surface area contributed by atoms with Gasteiger partial charge in [-0.1, -0.05) is 121 Å². The number of carbonyl (C=O) groups is 8. The number of allylic oxidation sites excluding steroid dienone is 3. The quantitative estimate of drug-likeness (QED) is 0.0169. The van der Waals surface area contributed by atoms with Crippen LogP contribution in [-0.2, 0) is 97.4 Å². The van der Waals surface area contributed by atoms with Gasteiger partial charge in [0.15, 0.2) is 5.72 Å².